The number of nitriles is 1. The van der Waals surface area contributed by atoms with E-state index in [1.807, 2.05) is 6.07 Å². The van der Waals surface area contributed by atoms with Gasteiger partial charge in [0.1, 0.15) is 11.0 Å². The van der Waals surface area contributed by atoms with Crippen molar-refractivity contribution in [3.63, 3.8) is 0 Å². The summed E-state index contributed by atoms with van der Waals surface area (Å²) in [6.45, 7) is 1.15. The Hall–Kier alpha value is -1.45. The second-order valence-corrected chi connectivity index (χ2v) is 7.82. The Morgan fingerprint density at radius 2 is 2.00 bits per heavy atom. The molecule has 1 saturated heterocycles. The van der Waals surface area contributed by atoms with Gasteiger partial charge >= 0.3 is 0 Å². The zero-order valence-electron chi connectivity index (χ0n) is 11.9. The van der Waals surface area contributed by atoms with Gasteiger partial charge in [0, 0.05) is 19.3 Å². The first-order chi connectivity index (χ1) is 10.1. The van der Waals surface area contributed by atoms with Crippen molar-refractivity contribution in [2.45, 2.75) is 37.0 Å². The van der Waals surface area contributed by atoms with Crippen LogP contribution in [0.1, 0.15) is 37.8 Å². The fourth-order valence-electron chi connectivity index (χ4n) is 3.61. The molecule has 3 rings (SSSR count). The molecular weight excluding hydrogens is 286 g/mol. The lowest BCUT2D eigenvalue weighted by Gasteiger charge is -2.40. The Labute approximate surface area is 125 Å². The summed E-state index contributed by atoms with van der Waals surface area (Å²) in [6.07, 6.45) is 7.21. The molecule has 2 unspecified atom stereocenters. The van der Waals surface area contributed by atoms with Crippen LogP contribution in [0.4, 0.5) is 0 Å². The molecule has 0 radical (unpaired) electrons. The third kappa shape index (κ3) is 2.68. The quantitative estimate of drug-likeness (QED) is 0.839. The predicted molar refractivity (Wildman–Crippen MR) is 77.8 cm³/mol. The first-order valence-corrected chi connectivity index (χ1v) is 8.92. The van der Waals surface area contributed by atoms with Gasteiger partial charge in [0.15, 0.2) is 5.69 Å². The van der Waals surface area contributed by atoms with Gasteiger partial charge in [0.05, 0.1) is 0 Å². The monoisotopic (exact) mass is 305 g/mol. The molecule has 2 heterocycles. The van der Waals surface area contributed by atoms with Gasteiger partial charge in [-0.3, -0.25) is 0 Å². The zero-order valence-corrected chi connectivity index (χ0v) is 12.7. The fraction of sp³-hybridized carbons (Fsp3) is 0.600. The average Bonchev–Trinajstić information content (AvgIpc) is 2.54. The largest absolute Gasteiger partial charge is 0.245 e. The third-order valence-electron chi connectivity index (χ3n) is 4.75. The van der Waals surface area contributed by atoms with Gasteiger partial charge in [-0.1, -0.05) is 19.3 Å². The molecule has 2 fully saturated rings. The summed E-state index contributed by atoms with van der Waals surface area (Å²) < 4.78 is 27.1. The van der Waals surface area contributed by atoms with Crippen LogP contribution in [0.15, 0.2) is 23.2 Å². The minimum Gasteiger partial charge on any atom is -0.244 e. The van der Waals surface area contributed by atoms with E-state index in [2.05, 4.69) is 4.98 Å². The summed E-state index contributed by atoms with van der Waals surface area (Å²) in [4.78, 5) is 3.92. The molecule has 1 saturated carbocycles. The molecule has 1 aromatic heterocycles. The van der Waals surface area contributed by atoms with Crippen LogP contribution in [0.2, 0.25) is 0 Å². The van der Waals surface area contributed by atoms with E-state index in [9.17, 15) is 8.42 Å². The minimum absolute atomic E-state index is 0.0109. The number of sulfonamides is 1. The van der Waals surface area contributed by atoms with E-state index in [1.165, 1.54) is 31.5 Å². The Balaban J connectivity index is 1.87. The summed E-state index contributed by atoms with van der Waals surface area (Å²) in [5.74, 6) is 1.15. The van der Waals surface area contributed by atoms with Gasteiger partial charge in [-0.15, -0.1) is 0 Å². The van der Waals surface area contributed by atoms with Crippen molar-refractivity contribution < 1.29 is 8.42 Å². The van der Waals surface area contributed by atoms with E-state index >= 15 is 0 Å². The number of aromatic nitrogens is 1. The highest BCUT2D eigenvalue weighted by Crippen LogP contribution is 2.37. The Morgan fingerprint density at radius 3 is 2.76 bits per heavy atom. The van der Waals surface area contributed by atoms with Crippen LogP contribution in [-0.4, -0.2) is 30.8 Å². The number of piperidine rings is 1. The number of nitrogens with zero attached hydrogens (tertiary/aromatic N) is 3. The molecule has 2 aliphatic rings. The number of hydrogen-bond donors (Lipinski definition) is 0. The molecule has 21 heavy (non-hydrogen) atoms. The van der Waals surface area contributed by atoms with Crippen LogP contribution in [-0.2, 0) is 10.0 Å². The first kappa shape index (κ1) is 14.5. The van der Waals surface area contributed by atoms with Gasteiger partial charge in [-0.25, -0.2) is 13.4 Å². The summed E-state index contributed by atoms with van der Waals surface area (Å²) >= 11 is 0. The van der Waals surface area contributed by atoms with Crippen molar-refractivity contribution in [3.05, 3.63) is 24.0 Å². The maximum atomic E-state index is 12.8. The van der Waals surface area contributed by atoms with Crippen LogP contribution < -0.4 is 0 Å². The summed E-state index contributed by atoms with van der Waals surface area (Å²) in [5, 5.41) is 9.07. The highest BCUT2D eigenvalue weighted by atomic mass is 32.2. The van der Waals surface area contributed by atoms with E-state index in [-0.39, 0.29) is 10.6 Å². The maximum Gasteiger partial charge on any atom is 0.245 e. The van der Waals surface area contributed by atoms with E-state index in [1.54, 1.807) is 10.4 Å². The predicted octanol–water partition coefficient (Wildman–Crippen LogP) is 2.15. The van der Waals surface area contributed by atoms with Gasteiger partial charge in [-0.05, 0) is 36.8 Å². The fourth-order valence-corrected chi connectivity index (χ4v) is 5.21. The zero-order chi connectivity index (χ0) is 14.9. The van der Waals surface area contributed by atoms with Crippen LogP contribution in [0.5, 0.6) is 0 Å². The molecule has 0 spiro atoms. The number of fused-ring (bicyclic) bond motifs is 1. The van der Waals surface area contributed by atoms with Gasteiger partial charge in [-0.2, -0.15) is 9.57 Å². The topological polar surface area (TPSA) is 74.1 Å². The second kappa shape index (κ2) is 5.74. The molecule has 112 valence electrons. The minimum atomic E-state index is -3.61. The number of rotatable bonds is 2. The highest BCUT2D eigenvalue weighted by molar-refractivity contribution is 7.89. The summed E-state index contributed by atoms with van der Waals surface area (Å²) in [7, 11) is -3.61. The smallest absolute Gasteiger partial charge is 0.244 e. The van der Waals surface area contributed by atoms with Gasteiger partial charge < -0.3 is 0 Å². The Bertz CT molecular complexity index is 666. The van der Waals surface area contributed by atoms with Crippen LogP contribution in [0.3, 0.4) is 0 Å². The first-order valence-electron chi connectivity index (χ1n) is 7.48. The molecule has 2 atom stereocenters. The van der Waals surface area contributed by atoms with E-state index in [0.29, 0.717) is 24.9 Å². The molecule has 1 aliphatic heterocycles. The average molecular weight is 305 g/mol. The SMILES string of the molecule is N#Cc1ncccc1S(=O)(=O)N1CCC2CCCCC2C1. The highest BCUT2D eigenvalue weighted by Gasteiger charge is 2.37. The van der Waals surface area contributed by atoms with E-state index < -0.39 is 10.0 Å². The lowest BCUT2D eigenvalue weighted by atomic mass is 9.76. The standard InChI is InChI=1S/C15H19N3O2S/c16-10-14-15(6-3-8-17-14)21(19,20)18-9-7-12-4-1-2-5-13(12)11-18/h3,6,8,12-13H,1-2,4-5,7,9,11H2. The van der Waals surface area contributed by atoms with Crippen LogP contribution >= 0.6 is 0 Å². The van der Waals surface area contributed by atoms with Crippen molar-refractivity contribution in [1.82, 2.24) is 9.29 Å². The summed E-state index contributed by atoms with van der Waals surface area (Å²) in [6, 6.07) is 4.93. The van der Waals surface area contributed by atoms with Crippen molar-refractivity contribution in [3.8, 4) is 6.07 Å². The van der Waals surface area contributed by atoms with Crippen molar-refractivity contribution in [1.29, 1.82) is 5.26 Å². The van der Waals surface area contributed by atoms with Gasteiger partial charge in [0.25, 0.3) is 0 Å². The molecular formula is C15H19N3O2S. The van der Waals surface area contributed by atoms with Crippen LogP contribution in [0.25, 0.3) is 0 Å². The molecule has 1 aliphatic carbocycles. The lowest BCUT2D eigenvalue weighted by Crippen LogP contribution is -2.44. The normalized spacial score (nSPS) is 26.8. The Kier molecular flexibility index (Phi) is 3.96. The van der Waals surface area contributed by atoms with Crippen LogP contribution in [0, 0.1) is 23.2 Å². The second-order valence-electron chi connectivity index (χ2n) is 5.92. The number of pyridine rings is 1. The van der Waals surface area contributed by atoms with Gasteiger partial charge in [0.2, 0.25) is 10.0 Å². The molecule has 0 N–H and O–H groups in total. The molecule has 0 amide bonds. The van der Waals surface area contributed by atoms with E-state index in [4.69, 9.17) is 5.26 Å². The maximum absolute atomic E-state index is 12.8. The molecule has 1 aromatic rings. The number of hydrogen-bond acceptors (Lipinski definition) is 4. The molecule has 0 aromatic carbocycles. The molecule has 6 heteroatoms. The molecule has 5 nitrogen and oxygen atoms in total. The lowest BCUT2D eigenvalue weighted by molar-refractivity contribution is 0.136. The summed E-state index contributed by atoms with van der Waals surface area (Å²) in [5.41, 5.74) is -0.0109. The Morgan fingerprint density at radius 1 is 1.24 bits per heavy atom. The molecule has 0 bridgehead atoms. The van der Waals surface area contributed by atoms with Crippen molar-refractivity contribution in [2.75, 3.05) is 13.1 Å². The van der Waals surface area contributed by atoms with Crippen molar-refractivity contribution >= 4 is 10.0 Å². The van der Waals surface area contributed by atoms with E-state index in [0.717, 1.165) is 12.8 Å². The van der Waals surface area contributed by atoms with Crippen molar-refractivity contribution in [2.24, 2.45) is 11.8 Å². The third-order valence-corrected chi connectivity index (χ3v) is 6.65.